The van der Waals surface area contributed by atoms with Crippen LogP contribution in [-0.4, -0.2) is 0 Å². The molecule has 0 bridgehead atoms. The van der Waals surface area contributed by atoms with Crippen LogP contribution >= 0.6 is 0 Å². The maximum Gasteiger partial charge on any atom is -0.0245 e. The Morgan fingerprint density at radius 1 is 0.583 bits per heavy atom. The first-order chi connectivity index (χ1) is 11.9. The van der Waals surface area contributed by atoms with E-state index in [-0.39, 0.29) is 0 Å². The summed E-state index contributed by atoms with van der Waals surface area (Å²) < 4.78 is 0. The van der Waals surface area contributed by atoms with Crippen LogP contribution in [0.15, 0.2) is 30.3 Å². The van der Waals surface area contributed by atoms with Crippen molar-refractivity contribution in [3.8, 4) is 0 Å². The van der Waals surface area contributed by atoms with Gasteiger partial charge < -0.3 is 0 Å². The zero-order chi connectivity index (χ0) is 16.5. The van der Waals surface area contributed by atoms with E-state index in [1.54, 1.807) is 5.56 Å². The Kier molecular flexibility index (Phi) is 7.71. The summed E-state index contributed by atoms with van der Waals surface area (Å²) in [6.07, 6.45) is 22.2. The van der Waals surface area contributed by atoms with Crippen LogP contribution in [0.25, 0.3) is 0 Å². The average molecular weight is 327 g/mol. The Morgan fingerprint density at radius 2 is 1.00 bits per heavy atom. The third-order valence-electron chi connectivity index (χ3n) is 6.82. The second-order valence-electron chi connectivity index (χ2n) is 8.56. The molecule has 2 fully saturated rings. The van der Waals surface area contributed by atoms with Crippen molar-refractivity contribution in [2.24, 2.45) is 17.8 Å². The Labute approximate surface area is 150 Å². The van der Waals surface area contributed by atoms with Gasteiger partial charge >= 0.3 is 0 Å². The molecule has 2 aliphatic rings. The molecule has 1 aromatic rings. The van der Waals surface area contributed by atoms with Gasteiger partial charge in [0, 0.05) is 0 Å². The molecule has 0 amide bonds. The van der Waals surface area contributed by atoms with Crippen molar-refractivity contribution in [1.82, 2.24) is 0 Å². The van der Waals surface area contributed by atoms with Gasteiger partial charge in [0.15, 0.2) is 0 Å². The molecule has 0 aromatic heterocycles. The van der Waals surface area contributed by atoms with Gasteiger partial charge in [-0.05, 0) is 29.7 Å². The molecule has 134 valence electrons. The summed E-state index contributed by atoms with van der Waals surface area (Å²) in [4.78, 5) is 0. The van der Waals surface area contributed by atoms with Crippen LogP contribution < -0.4 is 0 Å². The summed E-state index contributed by atoms with van der Waals surface area (Å²) in [5.41, 5.74) is 1.59. The van der Waals surface area contributed by atoms with Crippen LogP contribution in [0, 0.1) is 17.8 Å². The van der Waals surface area contributed by atoms with Crippen LogP contribution in [-0.2, 0) is 6.42 Å². The molecular formula is C24H38. The Balaban J connectivity index is 1.72. The Morgan fingerprint density at radius 3 is 1.46 bits per heavy atom. The molecule has 0 radical (unpaired) electrons. The minimum atomic E-state index is 0.948. The fourth-order valence-electron chi connectivity index (χ4n) is 5.44. The summed E-state index contributed by atoms with van der Waals surface area (Å²) >= 11 is 0. The monoisotopic (exact) mass is 326 g/mol. The number of hydrogen-bond acceptors (Lipinski definition) is 0. The van der Waals surface area contributed by atoms with Gasteiger partial charge in [0.2, 0.25) is 0 Å². The predicted octanol–water partition coefficient (Wildman–Crippen LogP) is 7.57. The Bertz CT molecular complexity index is 397. The second kappa shape index (κ2) is 10.3. The van der Waals surface area contributed by atoms with Gasteiger partial charge in [0.25, 0.3) is 0 Å². The highest BCUT2D eigenvalue weighted by molar-refractivity contribution is 5.15. The average Bonchev–Trinajstić information content (AvgIpc) is 2.54. The van der Waals surface area contributed by atoms with Gasteiger partial charge in [-0.1, -0.05) is 120 Å². The van der Waals surface area contributed by atoms with E-state index in [1.165, 1.54) is 96.3 Å². The van der Waals surface area contributed by atoms with E-state index in [4.69, 9.17) is 0 Å². The van der Waals surface area contributed by atoms with Crippen molar-refractivity contribution in [1.29, 1.82) is 0 Å². The van der Waals surface area contributed by atoms with Crippen molar-refractivity contribution in [2.45, 2.75) is 96.3 Å². The van der Waals surface area contributed by atoms with E-state index in [0.717, 1.165) is 17.8 Å². The van der Waals surface area contributed by atoms with Gasteiger partial charge in [-0.2, -0.15) is 0 Å². The molecule has 0 heterocycles. The lowest BCUT2D eigenvalue weighted by molar-refractivity contribution is 0.160. The van der Waals surface area contributed by atoms with Crippen molar-refractivity contribution in [3.05, 3.63) is 35.9 Å². The molecule has 0 aliphatic heterocycles. The highest BCUT2D eigenvalue weighted by Crippen LogP contribution is 2.39. The van der Waals surface area contributed by atoms with Crippen molar-refractivity contribution in [3.63, 3.8) is 0 Å². The number of hydrogen-bond donors (Lipinski definition) is 0. The van der Waals surface area contributed by atoms with Crippen LogP contribution in [0.5, 0.6) is 0 Å². The molecule has 3 rings (SSSR count). The fraction of sp³-hybridized carbons (Fsp3) is 0.750. The SMILES string of the molecule is c1ccc(CC(C2CCCCCCC2)C2CCCCCCC2)cc1. The molecule has 0 N–H and O–H groups in total. The molecule has 2 aliphatic carbocycles. The minimum absolute atomic E-state index is 0.948. The quantitative estimate of drug-likeness (QED) is 0.535. The first kappa shape index (κ1) is 18.0. The lowest BCUT2D eigenvalue weighted by Crippen LogP contribution is -2.27. The van der Waals surface area contributed by atoms with Crippen molar-refractivity contribution >= 4 is 0 Å². The van der Waals surface area contributed by atoms with E-state index in [1.807, 2.05) is 0 Å². The second-order valence-corrected chi connectivity index (χ2v) is 8.56. The molecule has 0 heteroatoms. The zero-order valence-corrected chi connectivity index (χ0v) is 15.7. The Hall–Kier alpha value is -0.780. The van der Waals surface area contributed by atoms with Crippen LogP contribution in [0.3, 0.4) is 0 Å². The maximum atomic E-state index is 2.37. The lowest BCUT2D eigenvalue weighted by Gasteiger charge is -2.36. The van der Waals surface area contributed by atoms with Crippen molar-refractivity contribution in [2.75, 3.05) is 0 Å². The van der Waals surface area contributed by atoms with E-state index in [9.17, 15) is 0 Å². The standard InChI is InChI=1S/C24H38/c1-3-10-16-22(17-11-4-1)24(20-21-14-8-7-9-15-21)23-18-12-5-2-6-13-19-23/h7-9,14-15,22-24H,1-6,10-13,16-20H2. The fourth-order valence-corrected chi connectivity index (χ4v) is 5.44. The maximum absolute atomic E-state index is 2.37. The smallest absolute Gasteiger partial charge is 0.0245 e. The van der Waals surface area contributed by atoms with Crippen LogP contribution in [0.1, 0.15) is 95.5 Å². The summed E-state index contributed by atoms with van der Waals surface area (Å²) in [6.45, 7) is 0. The summed E-state index contributed by atoms with van der Waals surface area (Å²) in [5, 5.41) is 0. The molecule has 0 spiro atoms. The zero-order valence-electron chi connectivity index (χ0n) is 15.7. The summed E-state index contributed by atoms with van der Waals surface area (Å²) in [6, 6.07) is 11.4. The van der Waals surface area contributed by atoms with Crippen LogP contribution in [0.2, 0.25) is 0 Å². The van der Waals surface area contributed by atoms with E-state index in [2.05, 4.69) is 30.3 Å². The van der Waals surface area contributed by atoms with Crippen LogP contribution in [0.4, 0.5) is 0 Å². The van der Waals surface area contributed by atoms with Crippen molar-refractivity contribution < 1.29 is 0 Å². The van der Waals surface area contributed by atoms with Gasteiger partial charge in [-0.15, -0.1) is 0 Å². The van der Waals surface area contributed by atoms with Gasteiger partial charge in [-0.25, -0.2) is 0 Å². The lowest BCUT2D eigenvalue weighted by atomic mass is 9.69. The molecule has 0 nitrogen and oxygen atoms in total. The minimum Gasteiger partial charge on any atom is -0.0622 e. The van der Waals surface area contributed by atoms with E-state index in [0.29, 0.717) is 0 Å². The van der Waals surface area contributed by atoms with Gasteiger partial charge in [-0.3, -0.25) is 0 Å². The first-order valence-corrected chi connectivity index (χ1v) is 11.0. The normalized spacial score (nSPS) is 22.5. The number of benzene rings is 1. The number of rotatable bonds is 4. The van der Waals surface area contributed by atoms with E-state index >= 15 is 0 Å². The third kappa shape index (κ3) is 5.64. The highest BCUT2D eigenvalue weighted by Gasteiger charge is 2.29. The third-order valence-corrected chi connectivity index (χ3v) is 6.82. The molecular weight excluding hydrogens is 288 g/mol. The molecule has 2 saturated carbocycles. The first-order valence-electron chi connectivity index (χ1n) is 11.0. The topological polar surface area (TPSA) is 0 Å². The molecule has 0 saturated heterocycles. The van der Waals surface area contributed by atoms with Gasteiger partial charge in [0.1, 0.15) is 0 Å². The molecule has 0 unspecified atom stereocenters. The molecule has 1 aromatic carbocycles. The largest absolute Gasteiger partial charge is 0.0622 e. The van der Waals surface area contributed by atoms with Gasteiger partial charge in [0.05, 0.1) is 0 Å². The van der Waals surface area contributed by atoms with E-state index < -0.39 is 0 Å². The summed E-state index contributed by atoms with van der Waals surface area (Å²) in [7, 11) is 0. The highest BCUT2D eigenvalue weighted by atomic mass is 14.3. The molecule has 24 heavy (non-hydrogen) atoms. The molecule has 0 atom stereocenters. The predicted molar refractivity (Wildman–Crippen MR) is 105 cm³/mol. The summed E-state index contributed by atoms with van der Waals surface area (Å²) in [5.74, 6) is 2.94.